The van der Waals surface area contributed by atoms with Crippen LogP contribution in [0.4, 0.5) is 5.69 Å². The fourth-order valence-electron chi connectivity index (χ4n) is 1.73. The second-order valence-electron chi connectivity index (χ2n) is 4.65. The average molecular weight is 273 g/mol. The lowest BCUT2D eigenvalue weighted by Crippen LogP contribution is -2.07. The van der Waals surface area contributed by atoms with E-state index in [0.29, 0.717) is 22.9 Å². The zero-order valence-electron chi connectivity index (χ0n) is 11.9. The van der Waals surface area contributed by atoms with Gasteiger partial charge in [-0.2, -0.15) is 0 Å². The third-order valence-corrected chi connectivity index (χ3v) is 2.62. The first-order valence-electron chi connectivity index (χ1n) is 6.46. The summed E-state index contributed by atoms with van der Waals surface area (Å²) >= 11 is 0. The van der Waals surface area contributed by atoms with Crippen LogP contribution in [0.1, 0.15) is 13.8 Å². The lowest BCUT2D eigenvalue weighted by molar-refractivity contribution is 0.243. The van der Waals surface area contributed by atoms with Gasteiger partial charge in [0.2, 0.25) is 0 Å². The molecule has 0 aliphatic rings. The summed E-state index contributed by atoms with van der Waals surface area (Å²) in [6, 6.07) is 12.8. The molecule has 0 heterocycles. The first-order chi connectivity index (χ1) is 9.58. The quantitative estimate of drug-likeness (QED) is 0.840. The number of methoxy groups -OCH3 is 1. The molecule has 0 radical (unpaired) electrons. The van der Waals surface area contributed by atoms with Crippen LogP contribution in [0.25, 0.3) is 0 Å². The van der Waals surface area contributed by atoms with E-state index in [1.807, 2.05) is 44.2 Å². The van der Waals surface area contributed by atoms with Crippen molar-refractivity contribution in [1.82, 2.24) is 0 Å². The van der Waals surface area contributed by atoms with Crippen LogP contribution in [0.2, 0.25) is 0 Å². The molecule has 2 aromatic rings. The molecule has 0 aliphatic heterocycles. The van der Waals surface area contributed by atoms with E-state index in [0.717, 1.165) is 5.75 Å². The van der Waals surface area contributed by atoms with Crippen molar-refractivity contribution in [3.8, 4) is 23.0 Å². The van der Waals surface area contributed by atoms with Crippen LogP contribution in [0.15, 0.2) is 42.5 Å². The van der Waals surface area contributed by atoms with Gasteiger partial charge in [-0.25, -0.2) is 0 Å². The van der Waals surface area contributed by atoms with Crippen LogP contribution >= 0.6 is 0 Å². The molecule has 0 saturated heterocycles. The van der Waals surface area contributed by atoms with Gasteiger partial charge in [0.05, 0.1) is 18.9 Å². The normalized spacial score (nSPS) is 10.4. The highest BCUT2D eigenvalue weighted by atomic mass is 16.5. The first kappa shape index (κ1) is 14.1. The van der Waals surface area contributed by atoms with Gasteiger partial charge in [-0.3, -0.25) is 0 Å². The molecule has 0 aliphatic carbocycles. The van der Waals surface area contributed by atoms with E-state index in [9.17, 15) is 0 Å². The third kappa shape index (κ3) is 3.57. The molecule has 2 rings (SSSR count). The van der Waals surface area contributed by atoms with Crippen molar-refractivity contribution in [2.45, 2.75) is 20.0 Å². The molecule has 0 atom stereocenters. The van der Waals surface area contributed by atoms with E-state index in [1.54, 1.807) is 19.2 Å². The topological polar surface area (TPSA) is 53.7 Å². The van der Waals surface area contributed by atoms with Gasteiger partial charge in [0.25, 0.3) is 0 Å². The number of ether oxygens (including phenoxy) is 3. The minimum absolute atomic E-state index is 0.0596. The zero-order chi connectivity index (χ0) is 14.5. The van der Waals surface area contributed by atoms with Gasteiger partial charge in [-0.05, 0) is 38.1 Å². The fourth-order valence-corrected chi connectivity index (χ4v) is 1.73. The van der Waals surface area contributed by atoms with Crippen molar-refractivity contribution < 1.29 is 14.2 Å². The number of anilines is 1. The maximum absolute atomic E-state index is 5.88. The highest BCUT2D eigenvalue weighted by molar-refractivity contribution is 5.56. The number of rotatable bonds is 5. The number of nitrogen functional groups attached to an aromatic ring is 1. The van der Waals surface area contributed by atoms with Crippen LogP contribution in [0.5, 0.6) is 23.0 Å². The van der Waals surface area contributed by atoms with E-state index in [-0.39, 0.29) is 6.10 Å². The van der Waals surface area contributed by atoms with Gasteiger partial charge in [0, 0.05) is 12.1 Å². The second kappa shape index (κ2) is 6.19. The summed E-state index contributed by atoms with van der Waals surface area (Å²) in [6.07, 6.45) is 0.0596. The third-order valence-electron chi connectivity index (χ3n) is 2.62. The summed E-state index contributed by atoms with van der Waals surface area (Å²) in [4.78, 5) is 0. The van der Waals surface area contributed by atoms with Crippen molar-refractivity contribution >= 4 is 5.69 Å². The molecule has 0 amide bonds. The number of nitrogens with two attached hydrogens (primary N) is 1. The summed E-state index contributed by atoms with van der Waals surface area (Å²) in [6.45, 7) is 3.91. The maximum atomic E-state index is 5.88. The Morgan fingerprint density at radius 1 is 0.950 bits per heavy atom. The van der Waals surface area contributed by atoms with Crippen molar-refractivity contribution in [3.05, 3.63) is 42.5 Å². The van der Waals surface area contributed by atoms with Crippen LogP contribution in [-0.4, -0.2) is 13.2 Å². The molecule has 2 N–H and O–H groups in total. The molecule has 4 nitrogen and oxygen atoms in total. The van der Waals surface area contributed by atoms with Gasteiger partial charge < -0.3 is 19.9 Å². The predicted molar refractivity (Wildman–Crippen MR) is 79.7 cm³/mol. The number of benzene rings is 2. The highest BCUT2D eigenvalue weighted by Crippen LogP contribution is 2.31. The minimum atomic E-state index is 0.0596. The number of hydrogen-bond donors (Lipinski definition) is 1. The molecule has 0 spiro atoms. The Labute approximate surface area is 119 Å². The van der Waals surface area contributed by atoms with Crippen LogP contribution in [0.3, 0.4) is 0 Å². The molecule has 0 saturated carbocycles. The molecule has 0 bridgehead atoms. The Morgan fingerprint density at radius 3 is 2.35 bits per heavy atom. The van der Waals surface area contributed by atoms with Gasteiger partial charge in [0.1, 0.15) is 23.0 Å². The molecule has 0 aromatic heterocycles. The fraction of sp³-hybridized carbons (Fsp3) is 0.250. The van der Waals surface area contributed by atoms with Crippen molar-refractivity contribution in [3.63, 3.8) is 0 Å². The highest BCUT2D eigenvalue weighted by Gasteiger charge is 2.06. The van der Waals surface area contributed by atoms with Gasteiger partial charge in [-0.15, -0.1) is 0 Å². The lowest BCUT2D eigenvalue weighted by Gasteiger charge is -2.14. The smallest absolute Gasteiger partial charge is 0.146 e. The Hall–Kier alpha value is -2.36. The monoisotopic (exact) mass is 273 g/mol. The summed E-state index contributed by atoms with van der Waals surface area (Å²) in [5.74, 6) is 2.74. The van der Waals surface area contributed by atoms with Gasteiger partial charge >= 0.3 is 0 Å². The summed E-state index contributed by atoms with van der Waals surface area (Å²) < 4.78 is 16.6. The van der Waals surface area contributed by atoms with E-state index in [1.165, 1.54) is 0 Å². The SMILES string of the molecule is COc1cccc(Oc2ccc(N)c(OC(C)C)c2)c1. The van der Waals surface area contributed by atoms with Crippen molar-refractivity contribution in [1.29, 1.82) is 0 Å². The largest absolute Gasteiger partial charge is 0.497 e. The second-order valence-corrected chi connectivity index (χ2v) is 4.65. The Morgan fingerprint density at radius 2 is 1.65 bits per heavy atom. The van der Waals surface area contributed by atoms with Crippen LogP contribution < -0.4 is 19.9 Å². The van der Waals surface area contributed by atoms with Crippen molar-refractivity contribution in [2.75, 3.05) is 12.8 Å². The molecular formula is C16H19NO3. The standard InChI is InChI=1S/C16H19NO3/c1-11(2)19-16-10-14(7-8-15(16)17)20-13-6-4-5-12(9-13)18-3/h4-11H,17H2,1-3H3. The molecule has 106 valence electrons. The Bertz CT molecular complexity index is 582. The molecule has 0 unspecified atom stereocenters. The van der Waals surface area contributed by atoms with E-state index in [4.69, 9.17) is 19.9 Å². The van der Waals surface area contributed by atoms with Gasteiger partial charge in [-0.1, -0.05) is 6.07 Å². The zero-order valence-corrected chi connectivity index (χ0v) is 11.9. The van der Waals surface area contributed by atoms with Gasteiger partial charge in [0.15, 0.2) is 0 Å². The maximum Gasteiger partial charge on any atom is 0.146 e. The molecule has 0 fully saturated rings. The molecule has 2 aromatic carbocycles. The molecule has 20 heavy (non-hydrogen) atoms. The average Bonchev–Trinajstić information content (AvgIpc) is 2.42. The van der Waals surface area contributed by atoms with E-state index in [2.05, 4.69) is 0 Å². The summed E-state index contributed by atoms with van der Waals surface area (Å²) in [5, 5.41) is 0. The Balaban J connectivity index is 2.20. The Kier molecular flexibility index (Phi) is 4.35. The van der Waals surface area contributed by atoms with E-state index < -0.39 is 0 Å². The minimum Gasteiger partial charge on any atom is -0.497 e. The predicted octanol–water partition coefficient (Wildman–Crippen LogP) is 3.86. The van der Waals surface area contributed by atoms with E-state index >= 15 is 0 Å². The lowest BCUT2D eigenvalue weighted by atomic mass is 10.2. The first-order valence-corrected chi connectivity index (χ1v) is 6.46. The molecule has 4 heteroatoms. The van der Waals surface area contributed by atoms with Crippen molar-refractivity contribution in [2.24, 2.45) is 0 Å². The summed E-state index contributed by atoms with van der Waals surface area (Å²) in [7, 11) is 1.62. The van der Waals surface area contributed by atoms with Crippen LogP contribution in [-0.2, 0) is 0 Å². The van der Waals surface area contributed by atoms with Crippen LogP contribution in [0, 0.1) is 0 Å². The number of hydrogen-bond acceptors (Lipinski definition) is 4. The molecular weight excluding hydrogens is 254 g/mol. The summed E-state index contributed by atoms with van der Waals surface area (Å²) in [5.41, 5.74) is 6.47.